The summed E-state index contributed by atoms with van der Waals surface area (Å²) in [5.41, 5.74) is 3.74. The molecule has 0 saturated carbocycles. The standard InChI is InChI=1S/C25H22N4O3S/c1-4-12-32-17-8-6-16(7-9-17)19-14-22(30)27-24-23(19)15(3)28-29(24)25-26-20-11-10-18(31-5-2)13-21(20)33-25/h1,6-11,13,19H,5,12,14H2,2-3H3,(H,27,30). The average Bonchev–Trinajstić information content (AvgIpc) is 3.38. The number of nitrogens with one attached hydrogen (secondary N) is 1. The van der Waals surface area contributed by atoms with Crippen molar-refractivity contribution >= 4 is 33.3 Å². The fourth-order valence-corrected chi connectivity index (χ4v) is 5.08. The van der Waals surface area contributed by atoms with Crippen LogP contribution in [0.25, 0.3) is 15.3 Å². The fraction of sp³-hybridized carbons (Fsp3) is 0.240. The molecule has 1 aliphatic rings. The van der Waals surface area contributed by atoms with Gasteiger partial charge in [-0.3, -0.25) is 4.79 Å². The molecule has 3 heterocycles. The fourth-order valence-electron chi connectivity index (χ4n) is 4.13. The van der Waals surface area contributed by atoms with Crippen LogP contribution in [0.4, 0.5) is 5.82 Å². The smallest absolute Gasteiger partial charge is 0.226 e. The highest BCUT2D eigenvalue weighted by Gasteiger charge is 2.33. The van der Waals surface area contributed by atoms with E-state index in [0.29, 0.717) is 29.7 Å². The van der Waals surface area contributed by atoms with Crippen molar-refractivity contribution in [2.75, 3.05) is 18.5 Å². The lowest BCUT2D eigenvalue weighted by Gasteiger charge is -2.24. The van der Waals surface area contributed by atoms with E-state index in [1.807, 2.05) is 56.3 Å². The topological polar surface area (TPSA) is 78.3 Å². The van der Waals surface area contributed by atoms with Gasteiger partial charge in [0.05, 0.1) is 22.5 Å². The molecular weight excluding hydrogens is 436 g/mol. The van der Waals surface area contributed by atoms with E-state index in [4.69, 9.17) is 26.0 Å². The van der Waals surface area contributed by atoms with Gasteiger partial charge < -0.3 is 14.8 Å². The van der Waals surface area contributed by atoms with Gasteiger partial charge in [-0.1, -0.05) is 29.4 Å². The SMILES string of the molecule is C#CCOc1ccc(C2CC(=O)Nc3c2c(C)nn3-c2nc3ccc(OCC)cc3s2)cc1. The Kier molecular flexibility index (Phi) is 5.48. The van der Waals surface area contributed by atoms with Gasteiger partial charge in [-0.25, -0.2) is 4.98 Å². The van der Waals surface area contributed by atoms with Crippen LogP contribution in [0.3, 0.4) is 0 Å². The highest BCUT2D eigenvalue weighted by Crippen LogP contribution is 2.41. The summed E-state index contributed by atoms with van der Waals surface area (Å²) in [7, 11) is 0. The summed E-state index contributed by atoms with van der Waals surface area (Å²) in [6.45, 7) is 4.74. The molecule has 2 aromatic carbocycles. The maximum absolute atomic E-state index is 12.7. The number of anilines is 1. The van der Waals surface area contributed by atoms with Crippen molar-refractivity contribution in [3.05, 3.63) is 59.3 Å². The van der Waals surface area contributed by atoms with Gasteiger partial charge in [0.2, 0.25) is 11.0 Å². The number of nitrogens with zero attached hydrogens (tertiary/aromatic N) is 3. The summed E-state index contributed by atoms with van der Waals surface area (Å²) in [4.78, 5) is 17.4. The van der Waals surface area contributed by atoms with Crippen molar-refractivity contribution in [3.63, 3.8) is 0 Å². The third-order valence-corrected chi connectivity index (χ3v) is 6.54. The summed E-state index contributed by atoms with van der Waals surface area (Å²) >= 11 is 1.51. The van der Waals surface area contributed by atoms with Crippen LogP contribution < -0.4 is 14.8 Å². The van der Waals surface area contributed by atoms with Crippen LogP contribution in [0.1, 0.15) is 36.1 Å². The number of aromatic nitrogens is 3. The van der Waals surface area contributed by atoms with E-state index in [2.05, 4.69) is 11.2 Å². The third kappa shape index (κ3) is 3.92. The number of amides is 1. The first-order valence-corrected chi connectivity index (χ1v) is 11.5. The molecule has 0 saturated heterocycles. The molecular formula is C25H22N4O3S. The Morgan fingerprint density at radius 1 is 1.21 bits per heavy atom. The first-order valence-electron chi connectivity index (χ1n) is 10.7. The molecule has 1 unspecified atom stereocenters. The van der Waals surface area contributed by atoms with Crippen molar-refractivity contribution in [1.29, 1.82) is 0 Å². The van der Waals surface area contributed by atoms with Crippen molar-refractivity contribution < 1.29 is 14.3 Å². The molecule has 8 heteroatoms. The number of carbonyl (C=O) groups is 1. The molecule has 166 valence electrons. The van der Waals surface area contributed by atoms with E-state index in [-0.39, 0.29) is 18.4 Å². The van der Waals surface area contributed by atoms with Gasteiger partial charge in [-0.05, 0) is 49.7 Å². The van der Waals surface area contributed by atoms with E-state index >= 15 is 0 Å². The lowest BCUT2D eigenvalue weighted by Crippen LogP contribution is -2.24. The van der Waals surface area contributed by atoms with Crippen LogP contribution in [0.15, 0.2) is 42.5 Å². The van der Waals surface area contributed by atoms with Gasteiger partial charge in [-0.2, -0.15) is 9.78 Å². The Balaban J connectivity index is 1.54. The monoisotopic (exact) mass is 458 g/mol. The second kappa shape index (κ2) is 8.60. The minimum Gasteiger partial charge on any atom is -0.494 e. The Labute approximate surface area is 195 Å². The number of thiazole rings is 1. The molecule has 1 atom stereocenters. The van der Waals surface area contributed by atoms with Crippen LogP contribution in [-0.2, 0) is 4.79 Å². The molecule has 0 radical (unpaired) electrons. The van der Waals surface area contributed by atoms with E-state index in [1.54, 1.807) is 4.68 Å². The van der Waals surface area contributed by atoms with Crippen molar-refractivity contribution in [2.45, 2.75) is 26.2 Å². The Bertz CT molecular complexity index is 1380. The highest BCUT2D eigenvalue weighted by atomic mass is 32.1. The Morgan fingerprint density at radius 2 is 2.00 bits per heavy atom. The third-order valence-electron chi connectivity index (χ3n) is 5.55. The summed E-state index contributed by atoms with van der Waals surface area (Å²) in [6.07, 6.45) is 5.61. The molecule has 0 fully saturated rings. The Morgan fingerprint density at radius 3 is 2.76 bits per heavy atom. The predicted octanol–water partition coefficient (Wildman–Crippen LogP) is 4.68. The highest BCUT2D eigenvalue weighted by molar-refractivity contribution is 7.20. The van der Waals surface area contributed by atoms with Crippen LogP contribution in [0.2, 0.25) is 0 Å². The molecule has 7 nitrogen and oxygen atoms in total. The normalized spacial score (nSPS) is 15.1. The molecule has 5 rings (SSSR count). The molecule has 0 bridgehead atoms. The molecule has 2 aromatic heterocycles. The van der Waals surface area contributed by atoms with Crippen LogP contribution >= 0.6 is 11.3 Å². The minimum absolute atomic E-state index is 0.0546. The van der Waals surface area contributed by atoms with E-state index < -0.39 is 0 Å². The number of aryl methyl sites for hydroxylation is 1. The lowest BCUT2D eigenvalue weighted by atomic mass is 9.86. The zero-order valence-corrected chi connectivity index (χ0v) is 19.1. The van der Waals surface area contributed by atoms with E-state index in [1.165, 1.54) is 11.3 Å². The summed E-state index contributed by atoms with van der Waals surface area (Å²) in [5.74, 6) is 4.48. The number of terminal acetylenes is 1. The molecule has 4 aromatic rings. The number of fused-ring (bicyclic) bond motifs is 2. The van der Waals surface area contributed by atoms with E-state index in [9.17, 15) is 4.79 Å². The second-order valence-corrected chi connectivity index (χ2v) is 8.69. The molecule has 1 amide bonds. The maximum atomic E-state index is 12.7. The summed E-state index contributed by atoms with van der Waals surface area (Å²) in [6, 6.07) is 13.5. The molecule has 0 spiro atoms. The first-order chi connectivity index (χ1) is 16.1. The van der Waals surface area contributed by atoms with Crippen molar-refractivity contribution in [3.8, 4) is 29.0 Å². The quantitative estimate of drug-likeness (QED) is 0.425. The van der Waals surface area contributed by atoms with E-state index in [0.717, 1.165) is 32.8 Å². The number of carbonyl (C=O) groups excluding carboxylic acids is 1. The van der Waals surface area contributed by atoms with Crippen LogP contribution in [-0.4, -0.2) is 33.9 Å². The van der Waals surface area contributed by atoms with Crippen molar-refractivity contribution in [1.82, 2.24) is 14.8 Å². The molecule has 1 aliphatic heterocycles. The minimum atomic E-state index is -0.108. The zero-order valence-electron chi connectivity index (χ0n) is 18.3. The van der Waals surface area contributed by atoms with Gasteiger partial charge in [0.15, 0.2) is 0 Å². The van der Waals surface area contributed by atoms with Crippen LogP contribution in [0.5, 0.6) is 11.5 Å². The second-order valence-electron chi connectivity index (χ2n) is 7.69. The number of rotatable bonds is 6. The van der Waals surface area contributed by atoms with Gasteiger partial charge in [0, 0.05) is 17.9 Å². The number of hydrogen-bond donors (Lipinski definition) is 1. The van der Waals surface area contributed by atoms with Crippen molar-refractivity contribution in [2.24, 2.45) is 0 Å². The number of ether oxygens (including phenoxy) is 2. The first kappa shape index (κ1) is 21.0. The summed E-state index contributed by atoms with van der Waals surface area (Å²) < 4.78 is 13.8. The van der Waals surface area contributed by atoms with Gasteiger partial charge in [0.25, 0.3) is 0 Å². The van der Waals surface area contributed by atoms with Gasteiger partial charge in [-0.15, -0.1) is 6.42 Å². The average molecular weight is 459 g/mol. The molecule has 33 heavy (non-hydrogen) atoms. The van der Waals surface area contributed by atoms with Crippen LogP contribution in [0, 0.1) is 19.3 Å². The maximum Gasteiger partial charge on any atom is 0.226 e. The van der Waals surface area contributed by atoms with Gasteiger partial charge in [0.1, 0.15) is 23.9 Å². The Hall–Kier alpha value is -3.83. The molecule has 1 N–H and O–H groups in total. The largest absolute Gasteiger partial charge is 0.494 e. The lowest BCUT2D eigenvalue weighted by molar-refractivity contribution is -0.116. The summed E-state index contributed by atoms with van der Waals surface area (Å²) in [5, 5.41) is 8.47. The molecule has 0 aliphatic carbocycles. The number of benzene rings is 2. The number of hydrogen-bond acceptors (Lipinski definition) is 6. The predicted molar refractivity (Wildman–Crippen MR) is 129 cm³/mol. The zero-order chi connectivity index (χ0) is 22.9. The van der Waals surface area contributed by atoms with Gasteiger partial charge >= 0.3 is 0 Å².